The van der Waals surface area contributed by atoms with Gasteiger partial charge in [0.1, 0.15) is 6.10 Å². The molecule has 0 unspecified atom stereocenters. The van der Waals surface area contributed by atoms with Gasteiger partial charge in [0.15, 0.2) is 0 Å². The summed E-state index contributed by atoms with van der Waals surface area (Å²) in [6.45, 7) is 0. The van der Waals surface area contributed by atoms with Crippen molar-refractivity contribution >= 4 is 23.3 Å². The van der Waals surface area contributed by atoms with Gasteiger partial charge < -0.3 is 15.7 Å². The zero-order valence-corrected chi connectivity index (χ0v) is 13.4. The van der Waals surface area contributed by atoms with Crippen molar-refractivity contribution in [1.29, 1.82) is 0 Å². The summed E-state index contributed by atoms with van der Waals surface area (Å²) in [7, 11) is 0. The van der Waals surface area contributed by atoms with Gasteiger partial charge in [-0.15, -0.1) is 0 Å². The number of para-hydroxylation sites is 1. The zero-order valence-electron chi connectivity index (χ0n) is 12.6. The van der Waals surface area contributed by atoms with Crippen molar-refractivity contribution in [2.24, 2.45) is 0 Å². The number of carbonyl (C=O) groups is 1. The lowest BCUT2D eigenvalue weighted by Gasteiger charge is -2.24. The predicted molar refractivity (Wildman–Crippen MR) is 89.6 cm³/mol. The molecule has 3 N–H and O–H groups in total. The maximum absolute atomic E-state index is 12.9. The summed E-state index contributed by atoms with van der Waals surface area (Å²) in [5.41, 5.74) is 1.07. The van der Waals surface area contributed by atoms with Gasteiger partial charge in [-0.25, -0.2) is 13.6 Å². The first-order valence-electron chi connectivity index (χ1n) is 7.29. The number of benzene rings is 2. The average molecular weight is 355 g/mol. The largest absolute Gasteiger partial charge is 0.385 e. The lowest BCUT2D eigenvalue weighted by Crippen LogP contribution is -2.49. The number of nitrogens with one attached hydrogen (secondary N) is 2. The van der Waals surface area contributed by atoms with Crippen LogP contribution in [0.4, 0.5) is 19.3 Å². The van der Waals surface area contributed by atoms with Crippen molar-refractivity contribution in [3.63, 3.8) is 0 Å². The minimum absolute atomic E-state index is 0.0717. The van der Waals surface area contributed by atoms with Crippen LogP contribution in [0, 0.1) is 0 Å². The van der Waals surface area contributed by atoms with E-state index in [1.54, 1.807) is 54.6 Å². The van der Waals surface area contributed by atoms with Crippen molar-refractivity contribution in [1.82, 2.24) is 5.32 Å². The van der Waals surface area contributed by atoms with Gasteiger partial charge in [0, 0.05) is 0 Å². The second kappa shape index (κ2) is 8.61. The molecule has 0 aliphatic heterocycles. The highest BCUT2D eigenvalue weighted by molar-refractivity contribution is 6.33. The standard InChI is InChI=1S/C17H17ClF2N2O2/c18-12-8-4-5-9-13(12)21-17(24)22-14(15(23)16(19)20)10-11-6-2-1-3-7-11/h1-9,14-16,23H,10H2,(H2,21,22,24)/t14-,15+/m1/s1. The molecular weight excluding hydrogens is 338 g/mol. The van der Waals surface area contributed by atoms with Gasteiger partial charge in [0.2, 0.25) is 0 Å². The van der Waals surface area contributed by atoms with Crippen molar-refractivity contribution < 1.29 is 18.7 Å². The minimum Gasteiger partial charge on any atom is -0.385 e. The number of amides is 2. The van der Waals surface area contributed by atoms with E-state index < -0.39 is 24.6 Å². The summed E-state index contributed by atoms with van der Waals surface area (Å²) >= 11 is 5.94. The number of aliphatic hydroxyl groups excluding tert-OH is 1. The highest BCUT2D eigenvalue weighted by Crippen LogP contribution is 2.20. The number of aliphatic hydroxyl groups is 1. The third-order valence-corrected chi connectivity index (χ3v) is 3.74. The molecule has 0 spiro atoms. The van der Waals surface area contributed by atoms with Gasteiger partial charge in [0.05, 0.1) is 16.8 Å². The highest BCUT2D eigenvalue weighted by Gasteiger charge is 2.29. The first-order chi connectivity index (χ1) is 11.5. The van der Waals surface area contributed by atoms with E-state index >= 15 is 0 Å². The Morgan fingerprint density at radius 3 is 2.33 bits per heavy atom. The molecule has 0 saturated carbocycles. The SMILES string of the molecule is O=C(Nc1ccccc1Cl)N[C@H](Cc1ccccc1)[C@H](O)C(F)F. The Hall–Kier alpha value is -2.18. The Balaban J connectivity index is 2.07. The van der Waals surface area contributed by atoms with E-state index in [0.29, 0.717) is 10.7 Å². The molecule has 0 aliphatic rings. The van der Waals surface area contributed by atoms with E-state index in [4.69, 9.17) is 11.6 Å². The van der Waals surface area contributed by atoms with Crippen LogP contribution in [0.5, 0.6) is 0 Å². The van der Waals surface area contributed by atoms with Gasteiger partial charge in [-0.1, -0.05) is 54.1 Å². The van der Waals surface area contributed by atoms with E-state index in [1.165, 1.54) is 0 Å². The van der Waals surface area contributed by atoms with Gasteiger partial charge in [0.25, 0.3) is 6.43 Å². The molecule has 0 bridgehead atoms. The Kier molecular flexibility index (Phi) is 6.52. The van der Waals surface area contributed by atoms with Crippen LogP contribution in [0.2, 0.25) is 5.02 Å². The van der Waals surface area contributed by atoms with Crippen LogP contribution >= 0.6 is 11.6 Å². The molecule has 2 amide bonds. The molecule has 128 valence electrons. The summed E-state index contributed by atoms with van der Waals surface area (Å²) in [5, 5.41) is 14.9. The molecule has 7 heteroatoms. The van der Waals surface area contributed by atoms with Gasteiger partial charge in [-0.3, -0.25) is 0 Å². The fourth-order valence-corrected chi connectivity index (χ4v) is 2.37. The molecule has 4 nitrogen and oxygen atoms in total. The normalized spacial score (nSPS) is 13.4. The Morgan fingerprint density at radius 2 is 1.71 bits per heavy atom. The monoisotopic (exact) mass is 354 g/mol. The summed E-state index contributed by atoms with van der Waals surface area (Å²) < 4.78 is 25.8. The van der Waals surface area contributed by atoms with E-state index in [2.05, 4.69) is 10.6 Å². The minimum atomic E-state index is -2.97. The Bertz CT molecular complexity index is 671. The van der Waals surface area contributed by atoms with Crippen molar-refractivity contribution in [2.75, 3.05) is 5.32 Å². The van der Waals surface area contributed by atoms with Gasteiger partial charge >= 0.3 is 6.03 Å². The molecule has 0 fully saturated rings. The molecule has 2 rings (SSSR count). The fourth-order valence-electron chi connectivity index (χ4n) is 2.19. The molecule has 2 atom stereocenters. The van der Waals surface area contributed by atoms with Crippen LogP contribution in [0.25, 0.3) is 0 Å². The lowest BCUT2D eigenvalue weighted by molar-refractivity contribution is -0.0232. The summed E-state index contributed by atoms with van der Waals surface area (Å²) in [6, 6.07) is 13.5. The number of halogens is 3. The molecule has 0 radical (unpaired) electrons. The molecule has 2 aromatic rings. The number of urea groups is 1. The van der Waals surface area contributed by atoms with E-state index in [9.17, 15) is 18.7 Å². The highest BCUT2D eigenvalue weighted by atomic mass is 35.5. The van der Waals surface area contributed by atoms with Gasteiger partial charge in [-0.05, 0) is 24.1 Å². The first kappa shape index (κ1) is 18.2. The molecule has 0 aliphatic carbocycles. The topological polar surface area (TPSA) is 61.4 Å². The fraction of sp³-hybridized carbons (Fsp3) is 0.235. The maximum atomic E-state index is 12.9. The number of hydrogen-bond donors (Lipinski definition) is 3. The van der Waals surface area contributed by atoms with E-state index in [1.807, 2.05) is 0 Å². The molecule has 0 heterocycles. The zero-order chi connectivity index (χ0) is 17.5. The quantitative estimate of drug-likeness (QED) is 0.740. The first-order valence-corrected chi connectivity index (χ1v) is 7.67. The van der Waals surface area contributed by atoms with Crippen LogP contribution < -0.4 is 10.6 Å². The Morgan fingerprint density at radius 1 is 1.08 bits per heavy atom. The third-order valence-electron chi connectivity index (χ3n) is 3.41. The molecule has 0 saturated heterocycles. The number of hydrogen-bond acceptors (Lipinski definition) is 2. The van der Waals surface area contributed by atoms with Gasteiger partial charge in [-0.2, -0.15) is 0 Å². The maximum Gasteiger partial charge on any atom is 0.319 e. The van der Waals surface area contributed by atoms with Crippen molar-refractivity contribution in [3.05, 3.63) is 65.2 Å². The van der Waals surface area contributed by atoms with Crippen LogP contribution in [-0.2, 0) is 6.42 Å². The summed E-state index contributed by atoms with van der Waals surface area (Å²) in [4.78, 5) is 12.1. The van der Waals surface area contributed by atoms with E-state index in [0.717, 1.165) is 5.56 Å². The number of rotatable bonds is 6. The van der Waals surface area contributed by atoms with Crippen molar-refractivity contribution in [2.45, 2.75) is 25.0 Å². The van der Waals surface area contributed by atoms with Crippen LogP contribution in [0.1, 0.15) is 5.56 Å². The van der Waals surface area contributed by atoms with Crippen molar-refractivity contribution in [3.8, 4) is 0 Å². The molecular formula is C17H17ClF2N2O2. The van der Waals surface area contributed by atoms with E-state index in [-0.39, 0.29) is 6.42 Å². The third kappa shape index (κ3) is 5.18. The second-order valence-electron chi connectivity index (χ2n) is 5.20. The van der Waals surface area contributed by atoms with Crippen LogP contribution in [-0.4, -0.2) is 29.7 Å². The molecule has 2 aromatic carbocycles. The van der Waals surface area contributed by atoms with Crippen LogP contribution in [0.3, 0.4) is 0 Å². The molecule has 24 heavy (non-hydrogen) atoms. The predicted octanol–water partition coefficient (Wildman–Crippen LogP) is 3.70. The second-order valence-corrected chi connectivity index (χ2v) is 5.61. The summed E-state index contributed by atoms with van der Waals surface area (Å²) in [6.07, 6.45) is -4.89. The number of anilines is 1. The molecule has 0 aromatic heterocycles. The lowest BCUT2D eigenvalue weighted by atomic mass is 10.0. The summed E-state index contributed by atoms with van der Waals surface area (Å²) in [5.74, 6) is 0. The van der Waals surface area contributed by atoms with Crippen LogP contribution in [0.15, 0.2) is 54.6 Å². The average Bonchev–Trinajstić information content (AvgIpc) is 2.56. The smallest absolute Gasteiger partial charge is 0.319 e. The Labute approximate surface area is 143 Å². The number of carbonyl (C=O) groups excluding carboxylic acids is 1. The number of alkyl halides is 2.